The van der Waals surface area contributed by atoms with Crippen LogP contribution in [0.15, 0.2) is 42.7 Å². The van der Waals surface area contributed by atoms with Gasteiger partial charge in [-0.05, 0) is 25.3 Å². The molecule has 2 N–H and O–H groups in total. The van der Waals surface area contributed by atoms with Gasteiger partial charge in [-0.3, -0.25) is 9.48 Å². The Morgan fingerprint density at radius 3 is 2.75 bits per heavy atom. The fourth-order valence-corrected chi connectivity index (χ4v) is 3.67. The Balaban J connectivity index is 1.32. The second-order valence-corrected chi connectivity index (χ2v) is 7.13. The topological polar surface area (TPSA) is 97.9 Å². The normalized spacial score (nSPS) is 18.6. The Morgan fingerprint density at radius 1 is 1.25 bits per heavy atom. The number of nitrogens with one attached hydrogen (secondary N) is 1. The van der Waals surface area contributed by atoms with Crippen LogP contribution >= 0.6 is 0 Å². The van der Waals surface area contributed by atoms with Gasteiger partial charge in [-0.15, -0.1) is 10.2 Å². The highest BCUT2D eigenvalue weighted by atomic mass is 16.3. The first kappa shape index (κ1) is 18.4. The molecular formula is C20H24N6O2. The van der Waals surface area contributed by atoms with Crippen LogP contribution in [0.5, 0.6) is 0 Å². The van der Waals surface area contributed by atoms with Crippen LogP contribution in [0.1, 0.15) is 53.3 Å². The average Bonchev–Trinajstić information content (AvgIpc) is 3.31. The molecule has 146 valence electrons. The SMILES string of the molecule is CCn1c(CO)nnc1C1CC(NC(=O)c2cnn(Cc3ccccc3)c2)C1. The van der Waals surface area contributed by atoms with Gasteiger partial charge in [-0.25, -0.2) is 0 Å². The van der Waals surface area contributed by atoms with Gasteiger partial charge >= 0.3 is 0 Å². The van der Waals surface area contributed by atoms with Gasteiger partial charge in [-0.2, -0.15) is 5.10 Å². The summed E-state index contributed by atoms with van der Waals surface area (Å²) in [6.45, 7) is 3.27. The summed E-state index contributed by atoms with van der Waals surface area (Å²) < 4.78 is 3.73. The van der Waals surface area contributed by atoms with E-state index in [0.29, 0.717) is 17.9 Å². The molecule has 1 amide bonds. The molecule has 28 heavy (non-hydrogen) atoms. The zero-order chi connectivity index (χ0) is 19.5. The maximum Gasteiger partial charge on any atom is 0.254 e. The van der Waals surface area contributed by atoms with Crippen LogP contribution in [0.3, 0.4) is 0 Å². The maximum absolute atomic E-state index is 12.5. The number of benzene rings is 1. The Morgan fingerprint density at radius 2 is 2.04 bits per heavy atom. The summed E-state index contributed by atoms with van der Waals surface area (Å²) in [5.74, 6) is 1.65. The van der Waals surface area contributed by atoms with E-state index in [0.717, 1.165) is 30.8 Å². The van der Waals surface area contributed by atoms with E-state index in [4.69, 9.17) is 0 Å². The van der Waals surface area contributed by atoms with E-state index in [1.54, 1.807) is 17.1 Å². The lowest BCUT2D eigenvalue weighted by Gasteiger charge is -2.35. The van der Waals surface area contributed by atoms with Crippen molar-refractivity contribution in [2.75, 3.05) is 0 Å². The minimum Gasteiger partial charge on any atom is -0.388 e. The van der Waals surface area contributed by atoms with Crippen molar-refractivity contribution in [2.45, 2.75) is 51.4 Å². The van der Waals surface area contributed by atoms with E-state index < -0.39 is 0 Å². The Kier molecular flexibility index (Phi) is 5.21. The van der Waals surface area contributed by atoms with Gasteiger partial charge in [0.05, 0.1) is 18.3 Å². The molecular weight excluding hydrogens is 356 g/mol. The van der Waals surface area contributed by atoms with Crippen molar-refractivity contribution in [3.63, 3.8) is 0 Å². The smallest absolute Gasteiger partial charge is 0.254 e. The molecule has 2 heterocycles. The fraction of sp³-hybridized carbons (Fsp3) is 0.400. The van der Waals surface area contributed by atoms with Crippen molar-refractivity contribution in [2.24, 2.45) is 0 Å². The molecule has 1 fully saturated rings. The zero-order valence-corrected chi connectivity index (χ0v) is 15.8. The minimum absolute atomic E-state index is 0.101. The largest absolute Gasteiger partial charge is 0.388 e. The number of aromatic nitrogens is 5. The number of carbonyl (C=O) groups is 1. The van der Waals surface area contributed by atoms with Crippen molar-refractivity contribution in [3.8, 4) is 0 Å². The molecule has 8 nitrogen and oxygen atoms in total. The van der Waals surface area contributed by atoms with Crippen molar-refractivity contribution < 1.29 is 9.90 Å². The highest BCUT2D eigenvalue weighted by Gasteiger charge is 2.35. The third kappa shape index (κ3) is 3.68. The monoisotopic (exact) mass is 380 g/mol. The van der Waals surface area contributed by atoms with E-state index in [-0.39, 0.29) is 24.5 Å². The third-order valence-corrected chi connectivity index (χ3v) is 5.23. The highest BCUT2D eigenvalue weighted by molar-refractivity contribution is 5.93. The molecule has 2 aromatic heterocycles. The third-order valence-electron chi connectivity index (χ3n) is 5.23. The lowest BCUT2D eigenvalue weighted by atomic mass is 9.79. The molecule has 4 rings (SSSR count). The Bertz CT molecular complexity index is 943. The first-order chi connectivity index (χ1) is 13.7. The number of aliphatic hydroxyl groups excluding tert-OH is 1. The predicted molar refractivity (Wildman–Crippen MR) is 103 cm³/mol. The van der Waals surface area contributed by atoms with Crippen LogP contribution in [0, 0.1) is 0 Å². The molecule has 1 aromatic carbocycles. The van der Waals surface area contributed by atoms with Gasteiger partial charge in [0, 0.05) is 24.7 Å². The van der Waals surface area contributed by atoms with Crippen LogP contribution in [0.2, 0.25) is 0 Å². The van der Waals surface area contributed by atoms with E-state index in [9.17, 15) is 9.90 Å². The first-order valence-electron chi connectivity index (χ1n) is 9.58. The lowest BCUT2D eigenvalue weighted by Crippen LogP contribution is -2.44. The zero-order valence-electron chi connectivity index (χ0n) is 15.8. The fourth-order valence-electron chi connectivity index (χ4n) is 3.67. The summed E-state index contributed by atoms with van der Waals surface area (Å²) in [4.78, 5) is 12.5. The number of rotatable bonds is 7. The molecule has 0 bridgehead atoms. The summed E-state index contributed by atoms with van der Waals surface area (Å²) in [6.07, 6.45) is 5.04. The standard InChI is InChI=1S/C20H24N6O2/c1-2-26-18(13-27)23-24-19(26)15-8-17(9-15)22-20(28)16-10-21-25(12-16)11-14-6-4-3-5-7-14/h3-7,10,12,15,17,27H,2,8-9,11,13H2,1H3,(H,22,28). The molecule has 0 unspecified atom stereocenters. The van der Waals surface area contributed by atoms with Gasteiger partial charge in [0.2, 0.25) is 0 Å². The van der Waals surface area contributed by atoms with Crippen molar-refractivity contribution in [3.05, 3.63) is 65.5 Å². The Labute approximate surface area is 163 Å². The van der Waals surface area contributed by atoms with Crippen LogP contribution < -0.4 is 5.32 Å². The molecule has 0 aliphatic heterocycles. The molecule has 1 aliphatic carbocycles. The predicted octanol–water partition coefficient (Wildman–Crippen LogP) is 1.71. The number of hydrogen-bond acceptors (Lipinski definition) is 5. The molecule has 0 radical (unpaired) electrons. The molecule has 3 aromatic rings. The van der Waals surface area contributed by atoms with Gasteiger partial charge < -0.3 is 15.0 Å². The van der Waals surface area contributed by atoms with Crippen molar-refractivity contribution in [1.82, 2.24) is 29.9 Å². The van der Waals surface area contributed by atoms with E-state index in [2.05, 4.69) is 20.6 Å². The summed E-state index contributed by atoms with van der Waals surface area (Å²) in [5, 5.41) is 25.0. The van der Waals surface area contributed by atoms with E-state index in [1.807, 2.05) is 41.8 Å². The van der Waals surface area contributed by atoms with E-state index in [1.165, 1.54) is 0 Å². The van der Waals surface area contributed by atoms with Crippen molar-refractivity contribution >= 4 is 5.91 Å². The molecule has 1 aliphatic rings. The highest BCUT2D eigenvalue weighted by Crippen LogP contribution is 2.36. The molecule has 1 saturated carbocycles. The van der Waals surface area contributed by atoms with Gasteiger partial charge in [-0.1, -0.05) is 30.3 Å². The number of carbonyl (C=O) groups excluding carboxylic acids is 1. The van der Waals surface area contributed by atoms with Gasteiger partial charge in [0.25, 0.3) is 5.91 Å². The van der Waals surface area contributed by atoms with Crippen LogP contribution in [-0.4, -0.2) is 41.6 Å². The number of amides is 1. The summed E-state index contributed by atoms with van der Waals surface area (Å²) in [6, 6.07) is 10.1. The first-order valence-corrected chi connectivity index (χ1v) is 9.58. The van der Waals surface area contributed by atoms with Crippen LogP contribution in [0.4, 0.5) is 0 Å². The van der Waals surface area contributed by atoms with Crippen LogP contribution in [0.25, 0.3) is 0 Å². The number of aliphatic hydroxyl groups is 1. The van der Waals surface area contributed by atoms with Gasteiger partial charge in [0.1, 0.15) is 12.4 Å². The number of hydrogen-bond donors (Lipinski definition) is 2. The van der Waals surface area contributed by atoms with Crippen LogP contribution in [-0.2, 0) is 19.7 Å². The maximum atomic E-state index is 12.5. The second kappa shape index (κ2) is 7.93. The molecule has 0 spiro atoms. The average molecular weight is 380 g/mol. The summed E-state index contributed by atoms with van der Waals surface area (Å²) in [5.41, 5.74) is 1.71. The summed E-state index contributed by atoms with van der Waals surface area (Å²) in [7, 11) is 0. The van der Waals surface area contributed by atoms with Crippen molar-refractivity contribution in [1.29, 1.82) is 0 Å². The number of nitrogens with zero attached hydrogens (tertiary/aromatic N) is 5. The molecule has 8 heteroatoms. The quantitative estimate of drug-likeness (QED) is 0.650. The minimum atomic E-state index is -0.110. The second-order valence-electron chi connectivity index (χ2n) is 7.13. The Hall–Kier alpha value is -3.00. The summed E-state index contributed by atoms with van der Waals surface area (Å²) >= 11 is 0. The molecule has 0 atom stereocenters. The van der Waals surface area contributed by atoms with Gasteiger partial charge in [0.15, 0.2) is 5.82 Å². The molecule has 0 saturated heterocycles. The lowest BCUT2D eigenvalue weighted by molar-refractivity contribution is 0.0906. The van der Waals surface area contributed by atoms with E-state index >= 15 is 0 Å².